The first-order chi connectivity index (χ1) is 9.08. The van der Waals surface area contributed by atoms with E-state index in [1.807, 2.05) is 18.2 Å². The van der Waals surface area contributed by atoms with E-state index in [9.17, 15) is 4.79 Å². The summed E-state index contributed by atoms with van der Waals surface area (Å²) < 4.78 is 1.78. The number of carbonyl (C=O) groups excluding carboxylic acids is 1. The van der Waals surface area contributed by atoms with Crippen LogP contribution in [-0.4, -0.2) is 37.0 Å². The zero-order chi connectivity index (χ0) is 13.8. The van der Waals surface area contributed by atoms with Crippen LogP contribution in [0.4, 0.5) is 0 Å². The quantitative estimate of drug-likeness (QED) is 0.858. The lowest BCUT2D eigenvalue weighted by molar-refractivity contribution is 0.0928. The van der Waals surface area contributed by atoms with Crippen molar-refractivity contribution in [1.29, 1.82) is 0 Å². The van der Waals surface area contributed by atoms with E-state index in [-0.39, 0.29) is 5.91 Å². The monoisotopic (exact) mass is 388 g/mol. The van der Waals surface area contributed by atoms with Gasteiger partial charge in [-0.05, 0) is 60.6 Å². The Morgan fingerprint density at radius 1 is 1.42 bits per heavy atom. The van der Waals surface area contributed by atoms with Crippen LogP contribution < -0.4 is 5.32 Å². The third-order valence-electron chi connectivity index (χ3n) is 3.60. The first-order valence-electron chi connectivity index (χ1n) is 6.51. The van der Waals surface area contributed by atoms with E-state index in [0.29, 0.717) is 11.6 Å². The fourth-order valence-corrected chi connectivity index (χ4v) is 3.61. The summed E-state index contributed by atoms with van der Waals surface area (Å²) >= 11 is 6.81. The Morgan fingerprint density at radius 2 is 2.21 bits per heavy atom. The SMILES string of the molecule is CN1CCCCC1CNC(=O)c1ccc(Br)cc1Br. The average Bonchev–Trinajstić information content (AvgIpc) is 2.37. The topological polar surface area (TPSA) is 32.3 Å². The molecule has 1 fully saturated rings. The van der Waals surface area contributed by atoms with Gasteiger partial charge in [-0.2, -0.15) is 0 Å². The summed E-state index contributed by atoms with van der Waals surface area (Å²) in [7, 11) is 2.13. The van der Waals surface area contributed by atoms with E-state index >= 15 is 0 Å². The predicted molar refractivity (Wildman–Crippen MR) is 84.4 cm³/mol. The van der Waals surface area contributed by atoms with Crippen LogP contribution in [0.25, 0.3) is 0 Å². The number of carbonyl (C=O) groups is 1. The van der Waals surface area contributed by atoms with Crippen LogP contribution in [0.1, 0.15) is 29.6 Å². The van der Waals surface area contributed by atoms with Crippen molar-refractivity contribution >= 4 is 37.8 Å². The molecule has 1 atom stereocenters. The third kappa shape index (κ3) is 4.04. The lowest BCUT2D eigenvalue weighted by atomic mass is 10.0. The second-order valence-electron chi connectivity index (χ2n) is 4.96. The van der Waals surface area contributed by atoms with Crippen LogP contribution in [0.5, 0.6) is 0 Å². The van der Waals surface area contributed by atoms with Gasteiger partial charge < -0.3 is 10.2 Å². The first kappa shape index (κ1) is 15.0. The highest BCUT2D eigenvalue weighted by molar-refractivity contribution is 9.11. The Morgan fingerprint density at radius 3 is 2.89 bits per heavy atom. The van der Waals surface area contributed by atoms with Gasteiger partial charge >= 0.3 is 0 Å². The van der Waals surface area contributed by atoms with Crippen molar-refractivity contribution in [1.82, 2.24) is 10.2 Å². The highest BCUT2D eigenvalue weighted by Gasteiger charge is 2.20. The van der Waals surface area contributed by atoms with Crippen molar-refractivity contribution in [2.24, 2.45) is 0 Å². The predicted octanol–water partition coefficient (Wildman–Crippen LogP) is 3.43. The fourth-order valence-electron chi connectivity index (χ4n) is 2.38. The molecule has 1 saturated heterocycles. The van der Waals surface area contributed by atoms with Crippen LogP contribution >= 0.6 is 31.9 Å². The molecule has 0 saturated carbocycles. The number of benzene rings is 1. The molecule has 19 heavy (non-hydrogen) atoms. The van der Waals surface area contributed by atoms with E-state index in [4.69, 9.17) is 0 Å². The summed E-state index contributed by atoms with van der Waals surface area (Å²) in [6, 6.07) is 6.06. The van der Waals surface area contributed by atoms with Gasteiger partial charge in [0.05, 0.1) is 5.56 Å². The lowest BCUT2D eigenvalue weighted by Gasteiger charge is -2.32. The van der Waals surface area contributed by atoms with Crippen molar-refractivity contribution in [2.75, 3.05) is 20.1 Å². The molecule has 1 aromatic carbocycles. The highest BCUT2D eigenvalue weighted by Crippen LogP contribution is 2.22. The molecule has 1 unspecified atom stereocenters. The third-order valence-corrected chi connectivity index (χ3v) is 4.74. The molecule has 104 valence electrons. The molecular formula is C14H18Br2N2O. The zero-order valence-electron chi connectivity index (χ0n) is 11.0. The Bertz CT molecular complexity index is 465. The van der Waals surface area contributed by atoms with Gasteiger partial charge in [-0.1, -0.05) is 22.4 Å². The second-order valence-corrected chi connectivity index (χ2v) is 6.73. The smallest absolute Gasteiger partial charge is 0.252 e. The van der Waals surface area contributed by atoms with Gasteiger partial charge in [-0.15, -0.1) is 0 Å². The summed E-state index contributed by atoms with van der Waals surface area (Å²) in [5, 5.41) is 3.03. The molecule has 1 aliphatic heterocycles. The minimum Gasteiger partial charge on any atom is -0.350 e. The van der Waals surface area contributed by atoms with Crippen LogP contribution in [0.3, 0.4) is 0 Å². The van der Waals surface area contributed by atoms with E-state index in [0.717, 1.165) is 28.5 Å². The number of likely N-dealkylation sites (tertiary alicyclic amines) is 1. The van der Waals surface area contributed by atoms with Crippen molar-refractivity contribution in [2.45, 2.75) is 25.3 Å². The molecule has 2 rings (SSSR count). The molecule has 1 heterocycles. The van der Waals surface area contributed by atoms with Gasteiger partial charge in [0.25, 0.3) is 5.91 Å². The molecule has 0 aliphatic carbocycles. The second kappa shape index (κ2) is 6.86. The minimum absolute atomic E-state index is 0.0154. The van der Waals surface area contributed by atoms with E-state index in [1.54, 1.807) is 0 Å². The van der Waals surface area contributed by atoms with Crippen molar-refractivity contribution in [3.63, 3.8) is 0 Å². The molecule has 3 nitrogen and oxygen atoms in total. The van der Waals surface area contributed by atoms with Crippen LogP contribution in [0.2, 0.25) is 0 Å². The van der Waals surface area contributed by atoms with Crippen LogP contribution in [0.15, 0.2) is 27.1 Å². The number of nitrogens with zero attached hydrogens (tertiary/aromatic N) is 1. The summed E-state index contributed by atoms with van der Waals surface area (Å²) in [6.07, 6.45) is 3.68. The number of likely N-dealkylation sites (N-methyl/N-ethyl adjacent to an activating group) is 1. The molecule has 1 aromatic rings. The highest BCUT2D eigenvalue weighted by atomic mass is 79.9. The molecule has 0 spiro atoms. The van der Waals surface area contributed by atoms with Crippen molar-refractivity contribution < 1.29 is 4.79 Å². The molecule has 1 amide bonds. The van der Waals surface area contributed by atoms with E-state index < -0.39 is 0 Å². The Hall–Kier alpha value is -0.390. The van der Waals surface area contributed by atoms with Gasteiger partial charge in [0.1, 0.15) is 0 Å². The summed E-state index contributed by atoms with van der Waals surface area (Å²) in [4.78, 5) is 14.5. The molecule has 1 N–H and O–H groups in total. The summed E-state index contributed by atoms with van der Waals surface area (Å²) in [5.41, 5.74) is 0.682. The normalized spacial score (nSPS) is 20.3. The van der Waals surface area contributed by atoms with Gasteiger partial charge in [0.2, 0.25) is 0 Å². The van der Waals surface area contributed by atoms with Crippen molar-refractivity contribution in [3.05, 3.63) is 32.7 Å². The summed E-state index contributed by atoms with van der Waals surface area (Å²) in [6.45, 7) is 1.85. The van der Waals surface area contributed by atoms with Crippen LogP contribution in [-0.2, 0) is 0 Å². The fraction of sp³-hybridized carbons (Fsp3) is 0.500. The maximum Gasteiger partial charge on any atom is 0.252 e. The van der Waals surface area contributed by atoms with Gasteiger partial charge in [0.15, 0.2) is 0 Å². The van der Waals surface area contributed by atoms with Gasteiger partial charge in [-0.3, -0.25) is 4.79 Å². The van der Waals surface area contributed by atoms with E-state index in [2.05, 4.69) is 49.1 Å². The number of piperidine rings is 1. The number of hydrogen-bond donors (Lipinski definition) is 1. The first-order valence-corrected chi connectivity index (χ1v) is 8.10. The summed E-state index contributed by atoms with van der Waals surface area (Å²) in [5.74, 6) is -0.0154. The number of hydrogen-bond acceptors (Lipinski definition) is 2. The largest absolute Gasteiger partial charge is 0.350 e. The molecular weight excluding hydrogens is 372 g/mol. The molecule has 0 radical (unpaired) electrons. The molecule has 0 bridgehead atoms. The number of amides is 1. The molecule has 1 aliphatic rings. The Labute approximate surface area is 131 Å². The Kier molecular flexibility index (Phi) is 5.42. The standard InChI is InChI=1S/C14H18Br2N2O/c1-18-7-3-2-4-11(18)9-17-14(19)12-6-5-10(15)8-13(12)16/h5-6,8,11H,2-4,7,9H2,1H3,(H,17,19). The number of halogens is 2. The minimum atomic E-state index is -0.0154. The van der Waals surface area contributed by atoms with Gasteiger partial charge in [-0.25, -0.2) is 0 Å². The molecule has 0 aromatic heterocycles. The number of nitrogens with one attached hydrogen (secondary N) is 1. The van der Waals surface area contributed by atoms with Gasteiger partial charge in [0, 0.05) is 21.5 Å². The average molecular weight is 390 g/mol. The number of rotatable bonds is 3. The maximum atomic E-state index is 12.2. The Balaban J connectivity index is 1.93. The lowest BCUT2D eigenvalue weighted by Crippen LogP contribution is -2.44. The van der Waals surface area contributed by atoms with E-state index in [1.165, 1.54) is 12.8 Å². The maximum absolute atomic E-state index is 12.2. The van der Waals surface area contributed by atoms with Crippen LogP contribution in [0, 0.1) is 0 Å². The zero-order valence-corrected chi connectivity index (χ0v) is 14.1. The molecule has 5 heteroatoms. The van der Waals surface area contributed by atoms with Crippen molar-refractivity contribution in [3.8, 4) is 0 Å².